The van der Waals surface area contributed by atoms with Gasteiger partial charge in [0.15, 0.2) is 11.5 Å². The topological polar surface area (TPSA) is 79.9 Å². The third-order valence-corrected chi connectivity index (χ3v) is 4.45. The van der Waals surface area contributed by atoms with Crippen LogP contribution in [-0.4, -0.2) is 38.7 Å². The second kappa shape index (κ2) is 7.99. The number of anilines is 2. The smallest absolute Gasteiger partial charge is 0.319 e. The van der Waals surface area contributed by atoms with Gasteiger partial charge in [0.25, 0.3) is 0 Å². The van der Waals surface area contributed by atoms with E-state index in [0.717, 1.165) is 5.56 Å². The molecule has 27 heavy (non-hydrogen) atoms. The molecule has 7 heteroatoms. The standard InChI is InChI=1S/C20H23N3O4/c1-13-4-6-14(7-5-13)21-20(25)22-15-10-19(24)23(12-15)16-8-9-17(26-2)18(11-16)27-3/h4-9,11,15H,10,12H2,1-3H3,(H2,21,22,25). The number of carbonyl (C=O) groups excluding carboxylic acids is 2. The molecular weight excluding hydrogens is 346 g/mol. The van der Waals surface area contributed by atoms with Crippen molar-refractivity contribution in [1.82, 2.24) is 5.32 Å². The molecule has 2 aromatic carbocycles. The molecule has 0 radical (unpaired) electrons. The number of methoxy groups -OCH3 is 2. The fourth-order valence-electron chi connectivity index (χ4n) is 3.04. The molecule has 1 aliphatic heterocycles. The lowest BCUT2D eigenvalue weighted by Crippen LogP contribution is -2.39. The quantitative estimate of drug-likeness (QED) is 0.849. The van der Waals surface area contributed by atoms with Crippen LogP contribution in [0.2, 0.25) is 0 Å². The molecule has 0 aliphatic carbocycles. The second-order valence-electron chi connectivity index (χ2n) is 6.41. The van der Waals surface area contributed by atoms with Gasteiger partial charge < -0.3 is 25.0 Å². The minimum atomic E-state index is -0.328. The molecule has 7 nitrogen and oxygen atoms in total. The summed E-state index contributed by atoms with van der Waals surface area (Å²) in [6.45, 7) is 2.38. The summed E-state index contributed by atoms with van der Waals surface area (Å²) in [4.78, 5) is 26.2. The van der Waals surface area contributed by atoms with E-state index in [0.29, 0.717) is 29.4 Å². The third kappa shape index (κ3) is 4.31. The van der Waals surface area contributed by atoms with Crippen molar-refractivity contribution in [2.45, 2.75) is 19.4 Å². The number of hydrogen-bond acceptors (Lipinski definition) is 4. The van der Waals surface area contributed by atoms with Crippen LogP contribution in [-0.2, 0) is 4.79 Å². The Hall–Kier alpha value is -3.22. The Morgan fingerprint density at radius 2 is 1.78 bits per heavy atom. The Labute approximate surface area is 158 Å². The van der Waals surface area contributed by atoms with Gasteiger partial charge in [-0.05, 0) is 31.2 Å². The van der Waals surface area contributed by atoms with Gasteiger partial charge in [0.2, 0.25) is 5.91 Å². The van der Waals surface area contributed by atoms with E-state index in [1.165, 1.54) is 0 Å². The Kier molecular flexibility index (Phi) is 5.49. The molecule has 2 N–H and O–H groups in total. The van der Waals surface area contributed by atoms with E-state index in [9.17, 15) is 9.59 Å². The maximum Gasteiger partial charge on any atom is 0.319 e. The number of amides is 3. The molecule has 1 aliphatic rings. The van der Waals surface area contributed by atoms with E-state index in [2.05, 4.69) is 10.6 Å². The molecule has 0 aromatic heterocycles. The average Bonchev–Trinajstić information content (AvgIpc) is 3.02. The van der Waals surface area contributed by atoms with Crippen LogP contribution in [0, 0.1) is 6.92 Å². The van der Waals surface area contributed by atoms with Crippen molar-refractivity contribution in [2.24, 2.45) is 0 Å². The van der Waals surface area contributed by atoms with Crippen LogP contribution in [0.1, 0.15) is 12.0 Å². The Morgan fingerprint density at radius 1 is 1.07 bits per heavy atom. The highest BCUT2D eigenvalue weighted by Crippen LogP contribution is 2.33. The lowest BCUT2D eigenvalue weighted by Gasteiger charge is -2.19. The fraction of sp³-hybridized carbons (Fsp3) is 0.300. The minimum absolute atomic E-state index is 0.0529. The van der Waals surface area contributed by atoms with Crippen molar-refractivity contribution in [1.29, 1.82) is 0 Å². The van der Waals surface area contributed by atoms with E-state index in [4.69, 9.17) is 9.47 Å². The van der Waals surface area contributed by atoms with Gasteiger partial charge in [0, 0.05) is 30.4 Å². The van der Waals surface area contributed by atoms with Crippen molar-refractivity contribution in [3.8, 4) is 11.5 Å². The van der Waals surface area contributed by atoms with Gasteiger partial charge in [-0.1, -0.05) is 17.7 Å². The largest absolute Gasteiger partial charge is 0.493 e. The first-order chi connectivity index (χ1) is 13.0. The summed E-state index contributed by atoms with van der Waals surface area (Å²) in [7, 11) is 3.11. The normalized spacial score (nSPS) is 16.2. The van der Waals surface area contributed by atoms with Gasteiger partial charge in [0.1, 0.15) is 0 Å². The van der Waals surface area contributed by atoms with Crippen LogP contribution in [0.25, 0.3) is 0 Å². The first-order valence-corrected chi connectivity index (χ1v) is 8.66. The van der Waals surface area contributed by atoms with E-state index >= 15 is 0 Å². The molecule has 2 aromatic rings. The maximum absolute atomic E-state index is 12.4. The molecule has 1 unspecified atom stereocenters. The number of ether oxygens (including phenoxy) is 2. The molecule has 3 rings (SSSR count). The van der Waals surface area contributed by atoms with Crippen molar-refractivity contribution in [3.63, 3.8) is 0 Å². The Balaban J connectivity index is 1.63. The summed E-state index contributed by atoms with van der Waals surface area (Å²) >= 11 is 0. The van der Waals surface area contributed by atoms with E-state index < -0.39 is 0 Å². The molecule has 1 saturated heterocycles. The molecule has 1 atom stereocenters. The maximum atomic E-state index is 12.4. The predicted molar refractivity (Wildman–Crippen MR) is 104 cm³/mol. The van der Waals surface area contributed by atoms with Crippen molar-refractivity contribution < 1.29 is 19.1 Å². The summed E-state index contributed by atoms with van der Waals surface area (Å²) in [5, 5.41) is 5.64. The number of nitrogens with zero attached hydrogens (tertiary/aromatic N) is 1. The number of hydrogen-bond donors (Lipinski definition) is 2. The van der Waals surface area contributed by atoms with Crippen LogP contribution in [0.5, 0.6) is 11.5 Å². The number of nitrogens with one attached hydrogen (secondary N) is 2. The number of rotatable bonds is 5. The van der Waals surface area contributed by atoms with Gasteiger partial charge >= 0.3 is 6.03 Å². The fourth-order valence-corrected chi connectivity index (χ4v) is 3.04. The molecule has 1 fully saturated rings. The van der Waals surface area contributed by atoms with Gasteiger partial charge in [-0.25, -0.2) is 4.79 Å². The van der Waals surface area contributed by atoms with Gasteiger partial charge in [-0.2, -0.15) is 0 Å². The zero-order valence-corrected chi connectivity index (χ0v) is 15.6. The summed E-state index contributed by atoms with van der Waals surface area (Å²) in [5.74, 6) is 1.10. The SMILES string of the molecule is COc1ccc(N2CC(NC(=O)Nc3ccc(C)cc3)CC2=O)cc1OC. The highest BCUT2D eigenvalue weighted by atomic mass is 16.5. The summed E-state index contributed by atoms with van der Waals surface area (Å²) in [5.41, 5.74) is 2.54. The number of urea groups is 1. The van der Waals surface area contributed by atoms with Crippen LogP contribution in [0.15, 0.2) is 42.5 Å². The second-order valence-corrected chi connectivity index (χ2v) is 6.41. The zero-order chi connectivity index (χ0) is 19.4. The highest BCUT2D eigenvalue weighted by molar-refractivity contribution is 5.98. The predicted octanol–water partition coefficient (Wildman–Crippen LogP) is 2.94. The van der Waals surface area contributed by atoms with Crippen LogP contribution in [0.3, 0.4) is 0 Å². The summed E-state index contributed by atoms with van der Waals surface area (Å²) < 4.78 is 10.5. The molecule has 3 amide bonds. The van der Waals surface area contributed by atoms with Crippen molar-refractivity contribution in [2.75, 3.05) is 31.0 Å². The monoisotopic (exact) mass is 369 g/mol. The van der Waals surface area contributed by atoms with E-state index in [-0.39, 0.29) is 24.4 Å². The van der Waals surface area contributed by atoms with Crippen LogP contribution >= 0.6 is 0 Å². The number of benzene rings is 2. The van der Waals surface area contributed by atoms with Crippen molar-refractivity contribution in [3.05, 3.63) is 48.0 Å². The first-order valence-electron chi connectivity index (χ1n) is 8.66. The van der Waals surface area contributed by atoms with Gasteiger partial charge in [0.05, 0.1) is 20.3 Å². The summed E-state index contributed by atoms with van der Waals surface area (Å²) in [6, 6.07) is 12.2. The molecule has 142 valence electrons. The molecule has 0 spiro atoms. The van der Waals surface area contributed by atoms with Crippen LogP contribution < -0.4 is 25.0 Å². The number of aryl methyl sites for hydroxylation is 1. The van der Waals surface area contributed by atoms with Gasteiger partial charge in [-0.15, -0.1) is 0 Å². The van der Waals surface area contributed by atoms with E-state index in [1.807, 2.05) is 31.2 Å². The van der Waals surface area contributed by atoms with Crippen LogP contribution in [0.4, 0.5) is 16.2 Å². The molecule has 1 heterocycles. The molecule has 0 saturated carbocycles. The molecular formula is C20H23N3O4. The van der Waals surface area contributed by atoms with Crippen molar-refractivity contribution >= 4 is 23.3 Å². The highest BCUT2D eigenvalue weighted by Gasteiger charge is 2.32. The first kappa shape index (κ1) is 18.6. The minimum Gasteiger partial charge on any atom is -0.493 e. The van der Waals surface area contributed by atoms with E-state index in [1.54, 1.807) is 37.3 Å². The lowest BCUT2D eigenvalue weighted by atomic mass is 10.2. The average molecular weight is 369 g/mol. The van der Waals surface area contributed by atoms with Gasteiger partial charge in [-0.3, -0.25) is 4.79 Å². The third-order valence-electron chi connectivity index (χ3n) is 4.45. The summed E-state index contributed by atoms with van der Waals surface area (Å²) in [6.07, 6.45) is 0.246. The number of carbonyl (C=O) groups is 2. The lowest BCUT2D eigenvalue weighted by molar-refractivity contribution is -0.117. The Morgan fingerprint density at radius 3 is 2.44 bits per heavy atom. The zero-order valence-electron chi connectivity index (χ0n) is 15.6. The molecule has 0 bridgehead atoms. The Bertz CT molecular complexity index is 836.